The average molecular weight is 592 g/mol. The summed E-state index contributed by atoms with van der Waals surface area (Å²) in [6.45, 7) is 4.18. The molecule has 11 nitrogen and oxygen atoms in total. The van der Waals surface area contributed by atoms with Crippen molar-refractivity contribution < 1.29 is 28.5 Å². The molecule has 2 aromatic carbocycles. The first-order valence-corrected chi connectivity index (χ1v) is 14.8. The van der Waals surface area contributed by atoms with Gasteiger partial charge in [-0.15, -0.1) is 0 Å². The predicted molar refractivity (Wildman–Crippen MR) is 163 cm³/mol. The number of nitrogens with zero attached hydrogens (tertiary/aromatic N) is 4. The molecule has 0 radical (unpaired) electrons. The fourth-order valence-electron chi connectivity index (χ4n) is 5.66. The Morgan fingerprint density at radius 1 is 0.977 bits per heavy atom. The molecule has 1 aliphatic heterocycles. The number of anilines is 1. The van der Waals surface area contributed by atoms with Crippen molar-refractivity contribution in [2.45, 2.75) is 25.7 Å². The van der Waals surface area contributed by atoms with Crippen molar-refractivity contribution in [1.82, 2.24) is 19.4 Å². The molecule has 0 spiro atoms. The summed E-state index contributed by atoms with van der Waals surface area (Å²) in [4.78, 5) is 35.9. The van der Waals surface area contributed by atoms with Crippen molar-refractivity contribution in [1.29, 1.82) is 0 Å². The molecular formula is C32H41N5O6. The van der Waals surface area contributed by atoms with Gasteiger partial charge in [-0.05, 0) is 49.2 Å². The number of benzene rings is 2. The highest BCUT2D eigenvalue weighted by molar-refractivity contribution is 5.94. The van der Waals surface area contributed by atoms with Gasteiger partial charge in [-0.3, -0.25) is 24.4 Å². The number of ether oxygens (including phenoxy) is 4. The SMILES string of the molecule is COc1ccc(-c2cn(-c3ccc(OC)c(OC)c3)c(NC(=O)CN(CCN3CCOCC3)C(=O)C3CCCC3)n2)cc1. The summed E-state index contributed by atoms with van der Waals surface area (Å²) >= 11 is 0. The molecule has 43 heavy (non-hydrogen) atoms. The fourth-order valence-corrected chi connectivity index (χ4v) is 5.66. The van der Waals surface area contributed by atoms with Crippen LogP contribution in [0.2, 0.25) is 0 Å². The molecule has 3 aromatic rings. The molecule has 1 saturated heterocycles. The van der Waals surface area contributed by atoms with Crippen LogP contribution in [0, 0.1) is 5.92 Å². The maximum atomic E-state index is 13.6. The Morgan fingerprint density at radius 2 is 1.70 bits per heavy atom. The minimum absolute atomic E-state index is 0.0204. The van der Waals surface area contributed by atoms with Crippen molar-refractivity contribution in [2.75, 3.05) is 72.6 Å². The number of imidazole rings is 1. The smallest absolute Gasteiger partial charge is 0.246 e. The van der Waals surface area contributed by atoms with Gasteiger partial charge in [0, 0.05) is 49.9 Å². The van der Waals surface area contributed by atoms with Crippen LogP contribution in [-0.4, -0.2) is 98.4 Å². The van der Waals surface area contributed by atoms with Crippen LogP contribution in [0.25, 0.3) is 16.9 Å². The number of carbonyl (C=O) groups excluding carboxylic acids is 2. The van der Waals surface area contributed by atoms with Crippen molar-refractivity contribution >= 4 is 17.8 Å². The summed E-state index contributed by atoms with van der Waals surface area (Å²) in [5.41, 5.74) is 2.25. The van der Waals surface area contributed by atoms with E-state index in [1.54, 1.807) is 36.9 Å². The van der Waals surface area contributed by atoms with Gasteiger partial charge < -0.3 is 23.8 Å². The number of methoxy groups -OCH3 is 3. The van der Waals surface area contributed by atoms with E-state index in [-0.39, 0.29) is 24.3 Å². The second kappa shape index (κ2) is 14.4. The molecule has 1 aromatic heterocycles. The van der Waals surface area contributed by atoms with E-state index in [9.17, 15) is 9.59 Å². The van der Waals surface area contributed by atoms with Gasteiger partial charge in [0.15, 0.2) is 11.5 Å². The Bertz CT molecular complexity index is 1380. The van der Waals surface area contributed by atoms with Gasteiger partial charge in [0.05, 0.1) is 52.5 Å². The topological polar surface area (TPSA) is 107 Å². The summed E-state index contributed by atoms with van der Waals surface area (Å²) in [7, 11) is 4.78. The number of amides is 2. The lowest BCUT2D eigenvalue weighted by Crippen LogP contribution is -2.46. The number of morpholine rings is 1. The van der Waals surface area contributed by atoms with Gasteiger partial charge in [0.2, 0.25) is 17.8 Å². The van der Waals surface area contributed by atoms with Crippen LogP contribution >= 0.6 is 0 Å². The summed E-state index contributed by atoms with van der Waals surface area (Å²) in [5, 5.41) is 2.99. The van der Waals surface area contributed by atoms with E-state index in [0.717, 1.165) is 55.8 Å². The minimum atomic E-state index is -0.304. The van der Waals surface area contributed by atoms with E-state index in [4.69, 9.17) is 23.9 Å². The summed E-state index contributed by atoms with van der Waals surface area (Å²) in [6, 6.07) is 13.1. The molecule has 230 valence electrons. The van der Waals surface area contributed by atoms with Crippen LogP contribution in [0.3, 0.4) is 0 Å². The zero-order chi connectivity index (χ0) is 30.2. The second-order valence-electron chi connectivity index (χ2n) is 10.8. The normalized spacial score (nSPS) is 15.7. The standard InChI is InChI=1S/C32H41N5O6/c1-40-26-11-8-23(9-12-26)27-21-37(25-10-13-28(41-2)29(20-25)42-3)32(33-27)34-30(38)22-36(31(39)24-6-4-5-7-24)15-14-35-16-18-43-19-17-35/h8-13,20-21,24H,4-7,14-19,22H2,1-3H3,(H,33,34,38). The quantitative estimate of drug-likeness (QED) is 0.339. The van der Waals surface area contributed by atoms with Gasteiger partial charge in [-0.1, -0.05) is 12.8 Å². The van der Waals surface area contributed by atoms with Crippen LogP contribution in [0.4, 0.5) is 5.95 Å². The minimum Gasteiger partial charge on any atom is -0.497 e. The third-order valence-corrected chi connectivity index (χ3v) is 8.13. The highest BCUT2D eigenvalue weighted by Crippen LogP contribution is 2.32. The van der Waals surface area contributed by atoms with E-state index < -0.39 is 0 Å². The number of rotatable bonds is 12. The van der Waals surface area contributed by atoms with Crippen LogP contribution in [0.15, 0.2) is 48.7 Å². The third-order valence-electron chi connectivity index (χ3n) is 8.13. The number of hydrogen-bond acceptors (Lipinski definition) is 8. The lowest BCUT2D eigenvalue weighted by atomic mass is 10.1. The number of nitrogens with one attached hydrogen (secondary N) is 1. The van der Waals surface area contributed by atoms with E-state index in [1.807, 2.05) is 42.6 Å². The molecule has 1 aliphatic carbocycles. The Balaban J connectivity index is 1.40. The maximum absolute atomic E-state index is 13.6. The Hall–Kier alpha value is -4.09. The van der Waals surface area contributed by atoms with Crippen molar-refractivity contribution in [3.05, 3.63) is 48.7 Å². The van der Waals surface area contributed by atoms with Crippen molar-refractivity contribution in [3.8, 4) is 34.2 Å². The molecule has 5 rings (SSSR count). The molecule has 0 unspecified atom stereocenters. The van der Waals surface area contributed by atoms with Crippen LogP contribution in [0.5, 0.6) is 17.2 Å². The second-order valence-corrected chi connectivity index (χ2v) is 10.8. The van der Waals surface area contributed by atoms with Crippen molar-refractivity contribution in [3.63, 3.8) is 0 Å². The molecule has 1 saturated carbocycles. The molecule has 2 heterocycles. The Morgan fingerprint density at radius 3 is 2.37 bits per heavy atom. The number of carbonyl (C=O) groups is 2. The largest absolute Gasteiger partial charge is 0.497 e. The number of aromatic nitrogens is 2. The van der Waals surface area contributed by atoms with Gasteiger partial charge in [0.25, 0.3) is 0 Å². The van der Waals surface area contributed by atoms with Gasteiger partial charge in [-0.25, -0.2) is 4.98 Å². The first-order chi connectivity index (χ1) is 21.0. The monoisotopic (exact) mass is 591 g/mol. The van der Waals surface area contributed by atoms with E-state index in [1.165, 1.54) is 0 Å². The molecular weight excluding hydrogens is 550 g/mol. The molecule has 2 aliphatic rings. The van der Waals surface area contributed by atoms with E-state index in [0.29, 0.717) is 49.4 Å². The summed E-state index contributed by atoms with van der Waals surface area (Å²) in [6.07, 6.45) is 5.72. The summed E-state index contributed by atoms with van der Waals surface area (Å²) in [5.74, 6) is 1.95. The first kappa shape index (κ1) is 30.4. The van der Waals surface area contributed by atoms with Gasteiger partial charge >= 0.3 is 0 Å². The highest BCUT2D eigenvalue weighted by atomic mass is 16.5. The van der Waals surface area contributed by atoms with Gasteiger partial charge in [0.1, 0.15) is 5.75 Å². The average Bonchev–Trinajstić information content (AvgIpc) is 3.74. The first-order valence-electron chi connectivity index (χ1n) is 14.8. The summed E-state index contributed by atoms with van der Waals surface area (Å²) < 4.78 is 23.5. The molecule has 2 amide bonds. The zero-order valence-corrected chi connectivity index (χ0v) is 25.2. The van der Waals surface area contributed by atoms with Crippen LogP contribution < -0.4 is 19.5 Å². The van der Waals surface area contributed by atoms with E-state index in [2.05, 4.69) is 10.2 Å². The molecule has 1 N–H and O–H groups in total. The molecule has 0 atom stereocenters. The lowest BCUT2D eigenvalue weighted by molar-refractivity contribution is -0.138. The molecule has 0 bridgehead atoms. The fraction of sp³-hybridized carbons (Fsp3) is 0.469. The Labute approximate surface area is 252 Å². The van der Waals surface area contributed by atoms with E-state index >= 15 is 0 Å². The van der Waals surface area contributed by atoms with Crippen LogP contribution in [0.1, 0.15) is 25.7 Å². The van der Waals surface area contributed by atoms with Crippen molar-refractivity contribution in [2.24, 2.45) is 5.92 Å². The zero-order valence-electron chi connectivity index (χ0n) is 25.2. The number of hydrogen-bond donors (Lipinski definition) is 1. The molecule has 11 heteroatoms. The Kier molecular flexibility index (Phi) is 10.2. The molecule has 2 fully saturated rings. The van der Waals surface area contributed by atoms with Crippen LogP contribution in [-0.2, 0) is 14.3 Å². The van der Waals surface area contributed by atoms with Gasteiger partial charge in [-0.2, -0.15) is 0 Å². The highest BCUT2D eigenvalue weighted by Gasteiger charge is 2.29. The maximum Gasteiger partial charge on any atom is 0.246 e. The lowest BCUT2D eigenvalue weighted by Gasteiger charge is -2.31. The predicted octanol–water partition coefficient (Wildman–Crippen LogP) is 3.85. The third kappa shape index (κ3) is 7.47.